The van der Waals surface area contributed by atoms with Crippen LogP contribution in [-0.4, -0.2) is 33.0 Å². The van der Waals surface area contributed by atoms with Gasteiger partial charge in [-0.1, -0.05) is 30.0 Å². The number of nitrogens with one attached hydrogen (secondary N) is 1. The Kier molecular flexibility index (Phi) is 5.83. The summed E-state index contributed by atoms with van der Waals surface area (Å²) in [7, 11) is 1.89. The van der Waals surface area contributed by atoms with Gasteiger partial charge in [0, 0.05) is 13.6 Å². The molecule has 2 aromatic heterocycles. The van der Waals surface area contributed by atoms with Crippen LogP contribution in [0.25, 0.3) is 10.7 Å². The smallest absolute Gasteiger partial charge is 0.230 e. The quantitative estimate of drug-likeness (QED) is 0.644. The summed E-state index contributed by atoms with van der Waals surface area (Å²) in [6.07, 6.45) is 0.670. The largest absolute Gasteiger partial charge is 0.355 e. The van der Waals surface area contributed by atoms with Gasteiger partial charge in [0.2, 0.25) is 5.91 Å². The average Bonchev–Trinajstić information content (AvgIpc) is 3.24. The van der Waals surface area contributed by atoms with E-state index in [-0.39, 0.29) is 17.5 Å². The van der Waals surface area contributed by atoms with Crippen LogP contribution in [0.1, 0.15) is 5.56 Å². The van der Waals surface area contributed by atoms with Gasteiger partial charge in [0.1, 0.15) is 5.82 Å². The van der Waals surface area contributed by atoms with Crippen molar-refractivity contribution in [3.05, 3.63) is 53.2 Å². The Labute approximate surface area is 153 Å². The number of rotatable bonds is 7. The van der Waals surface area contributed by atoms with Gasteiger partial charge in [0.05, 0.1) is 10.6 Å². The van der Waals surface area contributed by atoms with Crippen LogP contribution in [0, 0.1) is 5.82 Å². The van der Waals surface area contributed by atoms with E-state index in [1.54, 1.807) is 23.5 Å². The molecule has 0 fully saturated rings. The number of halogens is 1. The molecule has 5 nitrogen and oxygen atoms in total. The highest BCUT2D eigenvalue weighted by Gasteiger charge is 2.13. The maximum absolute atomic E-state index is 12.8. The molecule has 2 heterocycles. The first kappa shape index (κ1) is 17.6. The van der Waals surface area contributed by atoms with Crippen LogP contribution < -0.4 is 5.32 Å². The number of nitrogens with zero attached hydrogens (tertiary/aromatic N) is 3. The maximum Gasteiger partial charge on any atom is 0.230 e. The molecule has 0 aliphatic carbocycles. The summed E-state index contributed by atoms with van der Waals surface area (Å²) in [4.78, 5) is 13.0. The highest BCUT2D eigenvalue weighted by molar-refractivity contribution is 7.99. The Balaban J connectivity index is 1.45. The molecule has 1 amide bonds. The van der Waals surface area contributed by atoms with Gasteiger partial charge in [-0.3, -0.25) is 4.79 Å². The summed E-state index contributed by atoms with van der Waals surface area (Å²) in [6, 6.07) is 10.3. The fraction of sp³-hybridized carbons (Fsp3) is 0.235. The third-order valence-corrected chi connectivity index (χ3v) is 5.44. The molecule has 1 aromatic carbocycles. The minimum absolute atomic E-state index is 0.0622. The van der Waals surface area contributed by atoms with Crippen LogP contribution in [0.4, 0.5) is 4.39 Å². The lowest BCUT2D eigenvalue weighted by Crippen LogP contribution is -2.27. The Hall–Kier alpha value is -2.19. The molecule has 0 saturated heterocycles. The molecule has 0 bridgehead atoms. The zero-order chi connectivity index (χ0) is 17.6. The standard InChI is InChI=1S/C17H17FN4OS2/c1-22-16(14-3-2-10-24-14)20-21-17(22)25-11-15(23)19-9-8-12-4-6-13(18)7-5-12/h2-7,10H,8-9,11H2,1H3,(H,19,23). The number of thioether (sulfide) groups is 1. The van der Waals surface area contributed by atoms with E-state index >= 15 is 0 Å². The van der Waals surface area contributed by atoms with Gasteiger partial charge < -0.3 is 9.88 Å². The third-order valence-electron chi connectivity index (χ3n) is 3.56. The Morgan fingerprint density at radius 3 is 2.80 bits per heavy atom. The second kappa shape index (κ2) is 8.26. The number of hydrogen-bond acceptors (Lipinski definition) is 5. The van der Waals surface area contributed by atoms with Crippen molar-refractivity contribution < 1.29 is 9.18 Å². The number of benzene rings is 1. The zero-order valence-electron chi connectivity index (χ0n) is 13.6. The molecule has 0 aliphatic rings. The summed E-state index contributed by atoms with van der Waals surface area (Å²) >= 11 is 2.96. The second-order valence-electron chi connectivity index (χ2n) is 5.36. The van der Waals surface area contributed by atoms with Crippen molar-refractivity contribution in [3.8, 4) is 10.7 Å². The molecule has 0 radical (unpaired) electrons. The molecular weight excluding hydrogens is 359 g/mol. The monoisotopic (exact) mass is 376 g/mol. The van der Waals surface area contributed by atoms with E-state index < -0.39 is 0 Å². The fourth-order valence-electron chi connectivity index (χ4n) is 2.24. The second-order valence-corrected chi connectivity index (χ2v) is 7.25. The topological polar surface area (TPSA) is 59.8 Å². The van der Waals surface area contributed by atoms with Crippen LogP contribution >= 0.6 is 23.1 Å². The predicted octanol–water partition coefficient (Wildman–Crippen LogP) is 3.13. The lowest BCUT2D eigenvalue weighted by molar-refractivity contribution is -0.118. The van der Waals surface area contributed by atoms with Gasteiger partial charge in [0.25, 0.3) is 0 Å². The zero-order valence-corrected chi connectivity index (χ0v) is 15.2. The number of hydrogen-bond donors (Lipinski definition) is 1. The number of thiophene rings is 1. The molecule has 0 spiro atoms. The molecule has 0 saturated carbocycles. The summed E-state index contributed by atoms with van der Waals surface area (Å²) in [5, 5.41) is 13.9. The van der Waals surface area contributed by atoms with E-state index in [1.807, 2.05) is 29.1 Å². The van der Waals surface area contributed by atoms with Crippen molar-refractivity contribution in [2.75, 3.05) is 12.3 Å². The molecule has 130 valence electrons. The SMILES string of the molecule is Cn1c(SCC(=O)NCCc2ccc(F)cc2)nnc1-c1cccs1. The molecule has 0 unspecified atom stereocenters. The number of carbonyl (C=O) groups excluding carboxylic acids is 1. The normalized spacial score (nSPS) is 10.8. The van der Waals surface area contributed by atoms with Crippen LogP contribution in [0.3, 0.4) is 0 Å². The molecule has 0 atom stereocenters. The lowest BCUT2D eigenvalue weighted by Gasteiger charge is -2.05. The third kappa shape index (κ3) is 4.67. The van der Waals surface area contributed by atoms with Gasteiger partial charge in [-0.05, 0) is 35.6 Å². The summed E-state index contributed by atoms with van der Waals surface area (Å²) in [5.41, 5.74) is 0.989. The number of aromatic nitrogens is 3. The summed E-state index contributed by atoms with van der Waals surface area (Å²) < 4.78 is 14.7. The molecular formula is C17H17FN4OS2. The Bertz CT molecular complexity index is 831. The molecule has 25 heavy (non-hydrogen) atoms. The Morgan fingerprint density at radius 2 is 2.08 bits per heavy atom. The highest BCUT2D eigenvalue weighted by Crippen LogP contribution is 2.25. The van der Waals surface area contributed by atoms with Crippen molar-refractivity contribution in [1.29, 1.82) is 0 Å². The van der Waals surface area contributed by atoms with Gasteiger partial charge in [0.15, 0.2) is 11.0 Å². The van der Waals surface area contributed by atoms with E-state index in [9.17, 15) is 9.18 Å². The van der Waals surface area contributed by atoms with Gasteiger partial charge in [-0.15, -0.1) is 21.5 Å². The summed E-state index contributed by atoms with van der Waals surface area (Å²) in [5.74, 6) is 0.761. The molecule has 0 aliphatic heterocycles. The van der Waals surface area contributed by atoms with E-state index in [4.69, 9.17) is 0 Å². The average molecular weight is 376 g/mol. The first-order valence-electron chi connectivity index (χ1n) is 7.70. The van der Waals surface area contributed by atoms with Crippen LogP contribution in [0.2, 0.25) is 0 Å². The van der Waals surface area contributed by atoms with Crippen LogP contribution in [0.15, 0.2) is 46.9 Å². The molecule has 1 N–H and O–H groups in total. The molecule has 3 rings (SSSR count). The van der Waals surface area contributed by atoms with Gasteiger partial charge >= 0.3 is 0 Å². The predicted molar refractivity (Wildman–Crippen MR) is 98.2 cm³/mol. The van der Waals surface area contributed by atoms with Gasteiger partial charge in [-0.25, -0.2) is 4.39 Å². The summed E-state index contributed by atoms with van der Waals surface area (Å²) in [6.45, 7) is 0.518. The minimum Gasteiger partial charge on any atom is -0.355 e. The number of amides is 1. The maximum atomic E-state index is 12.8. The first-order valence-corrected chi connectivity index (χ1v) is 9.57. The van der Waals surface area contributed by atoms with Crippen molar-refractivity contribution in [2.24, 2.45) is 7.05 Å². The van der Waals surface area contributed by atoms with E-state index in [1.165, 1.54) is 23.9 Å². The van der Waals surface area contributed by atoms with E-state index in [2.05, 4.69) is 15.5 Å². The van der Waals surface area contributed by atoms with Crippen molar-refractivity contribution in [1.82, 2.24) is 20.1 Å². The molecule has 8 heteroatoms. The molecule has 3 aromatic rings. The van der Waals surface area contributed by atoms with Crippen molar-refractivity contribution in [3.63, 3.8) is 0 Å². The Morgan fingerprint density at radius 1 is 1.28 bits per heavy atom. The number of carbonyl (C=O) groups is 1. The fourth-order valence-corrected chi connectivity index (χ4v) is 3.72. The van der Waals surface area contributed by atoms with Crippen molar-refractivity contribution in [2.45, 2.75) is 11.6 Å². The van der Waals surface area contributed by atoms with E-state index in [0.29, 0.717) is 18.1 Å². The van der Waals surface area contributed by atoms with Crippen LogP contribution in [-0.2, 0) is 18.3 Å². The van der Waals surface area contributed by atoms with Crippen LogP contribution in [0.5, 0.6) is 0 Å². The lowest BCUT2D eigenvalue weighted by atomic mass is 10.1. The first-order chi connectivity index (χ1) is 12.1. The van der Waals surface area contributed by atoms with E-state index in [0.717, 1.165) is 16.3 Å². The minimum atomic E-state index is -0.255. The van der Waals surface area contributed by atoms with Crippen molar-refractivity contribution >= 4 is 29.0 Å². The van der Waals surface area contributed by atoms with Gasteiger partial charge in [-0.2, -0.15) is 0 Å². The highest BCUT2D eigenvalue weighted by atomic mass is 32.2.